The minimum atomic E-state index is -1.35. The van der Waals surface area contributed by atoms with Crippen LogP contribution in [0.5, 0.6) is 0 Å². The zero-order chi connectivity index (χ0) is 60.6. The molecule has 4 atom stereocenters. The molecule has 3 aromatic rings. The SMILES string of the molecule is CC(=O)OCc1ccc(NC(=O)[C@H](CCCNC(N)=O)NC(=O)[C@@H](NC(=O)c2cc(NC(=O)CCN3C(=O)C=CC3=O)cc(C(=O)N[C@H](C(=O)N[C@@H](CCCNC(N)=O)C(=O)Nc3ccc(COC(N)=O)cc3)C(C)C)c2)C(C)C)cc1. The molecular weight excluding hydrogens is 1070 g/mol. The molecule has 0 radical (unpaired) electrons. The second-order valence-electron chi connectivity index (χ2n) is 19.4. The summed E-state index contributed by atoms with van der Waals surface area (Å²) >= 11 is 0. The summed E-state index contributed by atoms with van der Waals surface area (Å²) in [4.78, 5) is 168. The number of amides is 14. The average Bonchev–Trinajstić information content (AvgIpc) is 3.83. The molecule has 440 valence electrons. The largest absolute Gasteiger partial charge is 0.461 e. The number of carbonyl (C=O) groups is 13. The maximum atomic E-state index is 14.3. The summed E-state index contributed by atoms with van der Waals surface area (Å²) in [6, 6.07) is 9.23. The van der Waals surface area contributed by atoms with Gasteiger partial charge in [0, 0.05) is 73.3 Å². The number of ether oxygens (including phenoxy) is 2. The summed E-state index contributed by atoms with van der Waals surface area (Å²) in [6.07, 6.45) is 1.02. The van der Waals surface area contributed by atoms with Gasteiger partial charge in [-0.05, 0) is 91.1 Å². The smallest absolute Gasteiger partial charge is 0.404 e. The van der Waals surface area contributed by atoms with Gasteiger partial charge >= 0.3 is 24.1 Å². The first-order valence-corrected chi connectivity index (χ1v) is 25.9. The molecular formula is C54H69N13O15. The lowest BCUT2D eigenvalue weighted by Crippen LogP contribution is -2.55. The molecule has 0 fully saturated rings. The van der Waals surface area contributed by atoms with Crippen LogP contribution in [0.15, 0.2) is 78.9 Å². The molecule has 0 spiro atoms. The van der Waals surface area contributed by atoms with Crippen LogP contribution in [0.4, 0.5) is 31.4 Å². The van der Waals surface area contributed by atoms with E-state index in [-0.39, 0.29) is 75.3 Å². The molecule has 1 aliphatic heterocycles. The molecule has 0 saturated carbocycles. The highest BCUT2D eigenvalue weighted by Gasteiger charge is 2.32. The van der Waals surface area contributed by atoms with Crippen molar-refractivity contribution >= 4 is 94.4 Å². The fourth-order valence-corrected chi connectivity index (χ4v) is 7.83. The van der Waals surface area contributed by atoms with Crippen molar-refractivity contribution in [3.63, 3.8) is 0 Å². The Morgan fingerprint density at radius 2 is 0.939 bits per heavy atom. The number of benzene rings is 3. The number of hydrogen-bond acceptors (Lipinski definition) is 15. The molecule has 4 rings (SSSR count). The van der Waals surface area contributed by atoms with Crippen molar-refractivity contribution in [3.05, 3.63) is 101 Å². The minimum Gasteiger partial charge on any atom is -0.461 e. The first-order chi connectivity index (χ1) is 38.8. The van der Waals surface area contributed by atoms with E-state index in [1.54, 1.807) is 64.1 Å². The van der Waals surface area contributed by atoms with Gasteiger partial charge in [-0.15, -0.1) is 0 Å². The van der Waals surface area contributed by atoms with Gasteiger partial charge in [0.1, 0.15) is 37.4 Å². The number of anilines is 3. The molecule has 15 N–H and O–H groups in total. The van der Waals surface area contributed by atoms with Crippen LogP contribution in [0.1, 0.15) is 98.6 Å². The van der Waals surface area contributed by atoms with E-state index in [0.717, 1.165) is 23.1 Å². The first-order valence-electron chi connectivity index (χ1n) is 25.9. The van der Waals surface area contributed by atoms with Gasteiger partial charge in [0.25, 0.3) is 23.6 Å². The third kappa shape index (κ3) is 21.7. The van der Waals surface area contributed by atoms with E-state index in [1.165, 1.54) is 31.2 Å². The maximum absolute atomic E-state index is 14.3. The Hall–Kier alpha value is -9.89. The summed E-state index contributed by atoms with van der Waals surface area (Å²) in [5.74, 6) is -8.63. The summed E-state index contributed by atoms with van der Waals surface area (Å²) in [6.45, 7) is 7.35. The van der Waals surface area contributed by atoms with Crippen LogP contribution < -0.4 is 65.1 Å². The van der Waals surface area contributed by atoms with Crippen molar-refractivity contribution < 1.29 is 71.8 Å². The molecule has 82 heavy (non-hydrogen) atoms. The molecule has 28 nitrogen and oxygen atoms in total. The second-order valence-corrected chi connectivity index (χ2v) is 19.4. The van der Waals surface area contributed by atoms with Crippen LogP contribution in [0, 0.1) is 11.8 Å². The van der Waals surface area contributed by atoms with Gasteiger partial charge in [0.05, 0.1) is 0 Å². The molecule has 1 aliphatic rings. The third-order valence-corrected chi connectivity index (χ3v) is 12.1. The monoisotopic (exact) mass is 1140 g/mol. The van der Waals surface area contributed by atoms with Crippen molar-refractivity contribution in [1.82, 2.24) is 36.8 Å². The van der Waals surface area contributed by atoms with Gasteiger partial charge in [0.15, 0.2) is 0 Å². The molecule has 0 aromatic heterocycles. The van der Waals surface area contributed by atoms with E-state index in [4.69, 9.17) is 26.7 Å². The zero-order valence-electron chi connectivity index (χ0n) is 45.8. The van der Waals surface area contributed by atoms with Crippen LogP contribution >= 0.6 is 0 Å². The Balaban J connectivity index is 1.61. The van der Waals surface area contributed by atoms with Crippen molar-refractivity contribution in [2.45, 2.75) is 104 Å². The topological polar surface area (TPSA) is 430 Å². The van der Waals surface area contributed by atoms with Crippen LogP contribution in [0.25, 0.3) is 0 Å². The van der Waals surface area contributed by atoms with Gasteiger partial charge in [0.2, 0.25) is 29.5 Å². The number of primary amides is 3. The molecule has 0 aliphatic carbocycles. The number of nitrogens with one attached hydrogen (secondary N) is 9. The van der Waals surface area contributed by atoms with E-state index in [1.807, 2.05) is 0 Å². The molecule has 14 amide bonds. The molecule has 28 heteroatoms. The highest BCUT2D eigenvalue weighted by Crippen LogP contribution is 2.20. The van der Waals surface area contributed by atoms with Crippen LogP contribution in [-0.4, -0.2) is 126 Å². The van der Waals surface area contributed by atoms with Crippen LogP contribution in [0.2, 0.25) is 0 Å². The number of imide groups is 1. The van der Waals surface area contributed by atoms with Crippen molar-refractivity contribution in [2.75, 3.05) is 35.6 Å². The lowest BCUT2D eigenvalue weighted by atomic mass is 10.00. The number of carbonyl (C=O) groups excluding carboxylic acids is 13. The fourth-order valence-electron chi connectivity index (χ4n) is 7.83. The molecule has 0 bridgehead atoms. The van der Waals surface area contributed by atoms with Crippen molar-refractivity contribution in [1.29, 1.82) is 0 Å². The van der Waals surface area contributed by atoms with Gasteiger partial charge in [-0.2, -0.15) is 0 Å². The highest BCUT2D eigenvalue weighted by molar-refractivity contribution is 6.13. The Labute approximate surface area is 471 Å². The number of esters is 1. The van der Waals surface area contributed by atoms with E-state index < -0.39 is 120 Å². The second kappa shape index (κ2) is 31.6. The predicted octanol–water partition coefficient (Wildman–Crippen LogP) is 1.25. The first kappa shape index (κ1) is 64.6. The molecule has 1 heterocycles. The Morgan fingerprint density at radius 3 is 1.32 bits per heavy atom. The zero-order valence-corrected chi connectivity index (χ0v) is 45.8. The van der Waals surface area contributed by atoms with E-state index in [9.17, 15) is 62.3 Å². The number of nitrogens with zero attached hydrogens (tertiary/aromatic N) is 1. The average molecular weight is 1140 g/mol. The Kier molecular flexibility index (Phi) is 24.9. The van der Waals surface area contributed by atoms with E-state index in [0.29, 0.717) is 22.5 Å². The normalized spacial score (nSPS) is 13.1. The molecule has 3 aromatic carbocycles. The van der Waals surface area contributed by atoms with Gasteiger partial charge < -0.3 is 74.5 Å². The lowest BCUT2D eigenvalue weighted by Gasteiger charge is -2.26. The maximum Gasteiger partial charge on any atom is 0.404 e. The van der Waals surface area contributed by atoms with Crippen molar-refractivity contribution in [3.8, 4) is 0 Å². The Bertz CT molecular complexity index is 2720. The van der Waals surface area contributed by atoms with Crippen LogP contribution in [0.3, 0.4) is 0 Å². The fraction of sp³-hybridized carbons (Fsp3) is 0.389. The summed E-state index contributed by atoms with van der Waals surface area (Å²) in [5, 5.41) is 23.4. The standard InChI is InChI=1S/C54H69N13O15/c1-29(2)44(50(76)63-39(8-6-21-58-52(55)78)48(74)61-36-14-10-32(11-15-36)27-81-31(5)68)65-46(72)34-24-35(26-38(25-34)60-41(69)20-23-67-42(70)18-19-43(67)71)47(73)66-45(30(3)4)51(77)64-40(9-7-22-59-53(56)79)49(75)62-37-16-12-33(13-17-37)28-82-54(57)80/h10-19,24-26,29-30,39-40,44-45H,6-9,20-23,27-28H2,1-5H3,(H2,57,80)(H,60,69)(H,61,74)(H,62,75)(H,63,76)(H,64,77)(H,65,72)(H,66,73)(H3,55,58,78)(H3,56,59,79)/t39-,40-,44-,45-/m0/s1. The number of rotatable bonds is 30. The van der Waals surface area contributed by atoms with Gasteiger partial charge in [-0.1, -0.05) is 52.0 Å². The summed E-state index contributed by atoms with van der Waals surface area (Å²) in [5.41, 5.74) is 16.6. The predicted molar refractivity (Wildman–Crippen MR) is 295 cm³/mol. The van der Waals surface area contributed by atoms with E-state index in [2.05, 4.69) is 47.9 Å². The summed E-state index contributed by atoms with van der Waals surface area (Å²) < 4.78 is 9.80. The molecule has 0 saturated heterocycles. The highest BCUT2D eigenvalue weighted by atomic mass is 16.5. The van der Waals surface area contributed by atoms with Gasteiger partial charge in [-0.25, -0.2) is 14.4 Å². The van der Waals surface area contributed by atoms with Gasteiger partial charge in [-0.3, -0.25) is 52.8 Å². The van der Waals surface area contributed by atoms with E-state index >= 15 is 0 Å². The third-order valence-electron chi connectivity index (χ3n) is 12.1. The number of nitrogens with two attached hydrogens (primary N) is 3. The lowest BCUT2D eigenvalue weighted by molar-refractivity contribution is -0.142. The minimum absolute atomic E-state index is 0.00350. The summed E-state index contributed by atoms with van der Waals surface area (Å²) in [7, 11) is 0. The van der Waals surface area contributed by atoms with Crippen LogP contribution in [-0.2, 0) is 61.0 Å². The Morgan fingerprint density at radius 1 is 0.524 bits per heavy atom. The van der Waals surface area contributed by atoms with Crippen molar-refractivity contribution in [2.24, 2.45) is 29.0 Å². The molecule has 0 unspecified atom stereocenters. The number of urea groups is 2. The number of hydrogen-bond donors (Lipinski definition) is 12. The quantitative estimate of drug-likeness (QED) is 0.0254.